The molecule has 0 bridgehead atoms. The lowest BCUT2D eigenvalue weighted by Gasteiger charge is -2.25. The molecule has 0 spiro atoms. The molecule has 0 radical (unpaired) electrons. The zero-order valence-corrected chi connectivity index (χ0v) is 10.3. The van der Waals surface area contributed by atoms with E-state index in [4.69, 9.17) is 11.8 Å². The van der Waals surface area contributed by atoms with Crippen molar-refractivity contribution in [3.63, 3.8) is 0 Å². The van der Waals surface area contributed by atoms with Gasteiger partial charge in [0, 0.05) is 12.5 Å². The van der Waals surface area contributed by atoms with Gasteiger partial charge in [-0.3, -0.25) is 0 Å². The maximum Gasteiger partial charge on any atom is 0.471 e. The van der Waals surface area contributed by atoms with Crippen LogP contribution in [-0.2, 0) is 6.18 Å². The predicted octanol–water partition coefficient (Wildman–Crippen LogP) is 3.11. The van der Waals surface area contributed by atoms with Crippen molar-refractivity contribution in [3.05, 3.63) is 11.7 Å². The second-order valence-electron chi connectivity index (χ2n) is 4.51. The van der Waals surface area contributed by atoms with Gasteiger partial charge < -0.3 is 4.52 Å². The molecule has 0 aromatic carbocycles. The van der Waals surface area contributed by atoms with Crippen molar-refractivity contribution < 1.29 is 17.7 Å². The molecule has 1 aliphatic rings. The molecule has 102 valence electrons. The van der Waals surface area contributed by atoms with E-state index in [1.807, 2.05) is 0 Å². The number of hydrogen-bond donors (Lipinski definition) is 1. The second-order valence-corrected chi connectivity index (χ2v) is 4.78. The molecule has 1 saturated carbocycles. The van der Waals surface area contributed by atoms with E-state index in [0.29, 0.717) is 12.5 Å². The molecule has 1 heterocycles. The first-order chi connectivity index (χ1) is 8.50. The van der Waals surface area contributed by atoms with Crippen molar-refractivity contribution in [2.75, 3.05) is 6.54 Å². The third-order valence-electron chi connectivity index (χ3n) is 3.26. The van der Waals surface area contributed by atoms with E-state index in [1.54, 1.807) is 0 Å². The molecule has 4 nitrogen and oxygen atoms in total. The van der Waals surface area contributed by atoms with Crippen molar-refractivity contribution in [2.24, 2.45) is 5.92 Å². The Balaban J connectivity index is 1.95. The summed E-state index contributed by atoms with van der Waals surface area (Å²) in [6, 6.07) is 0. The summed E-state index contributed by atoms with van der Waals surface area (Å²) in [6.45, 7) is 0.717. The summed E-state index contributed by atoms with van der Waals surface area (Å²) in [5, 5.41) is 3.43. The highest BCUT2D eigenvalue weighted by Crippen LogP contribution is 2.36. The Morgan fingerprint density at radius 2 is 1.94 bits per heavy atom. The van der Waals surface area contributed by atoms with Gasteiger partial charge in [0.1, 0.15) is 0 Å². The van der Waals surface area contributed by atoms with E-state index >= 15 is 0 Å². The Hall–Kier alpha value is -0.820. The summed E-state index contributed by atoms with van der Waals surface area (Å²) in [6.07, 6.45) is -1.23. The summed E-state index contributed by atoms with van der Waals surface area (Å²) in [4.78, 5) is 6.02. The zero-order chi connectivity index (χ0) is 13.2. The molecule has 0 amide bonds. The van der Waals surface area contributed by atoms with Crippen LogP contribution in [0.5, 0.6) is 0 Å². The lowest BCUT2D eigenvalue weighted by molar-refractivity contribution is -0.159. The molecule has 0 atom stereocenters. The first kappa shape index (κ1) is 13.6. The smallest absolute Gasteiger partial charge is 0.329 e. The van der Waals surface area contributed by atoms with Crippen LogP contribution in [0.15, 0.2) is 4.52 Å². The standard InChI is InChI=1S/C10H13ClF3N3O/c11-15-5-6-1-3-7(4-2-6)8-16-9(18-17-8)10(12,13)14/h6-7,15H,1-5H2/t6-,7-. The fraction of sp³-hybridized carbons (Fsp3) is 0.800. The number of aromatic nitrogens is 2. The maximum absolute atomic E-state index is 12.3. The summed E-state index contributed by atoms with van der Waals surface area (Å²) in [5.74, 6) is -0.675. The molecule has 1 N–H and O–H groups in total. The maximum atomic E-state index is 12.3. The molecule has 0 aliphatic heterocycles. The lowest BCUT2D eigenvalue weighted by atomic mass is 9.82. The van der Waals surface area contributed by atoms with Crippen LogP contribution in [0.25, 0.3) is 0 Å². The summed E-state index contributed by atoms with van der Waals surface area (Å²) in [5.41, 5.74) is 0. The summed E-state index contributed by atoms with van der Waals surface area (Å²) < 4.78 is 41.2. The molecule has 0 saturated heterocycles. The van der Waals surface area contributed by atoms with Crippen LogP contribution in [-0.4, -0.2) is 16.7 Å². The Bertz CT molecular complexity index is 388. The molecule has 1 aliphatic carbocycles. The van der Waals surface area contributed by atoms with Crippen molar-refractivity contribution >= 4 is 11.8 Å². The fourth-order valence-electron chi connectivity index (χ4n) is 2.25. The van der Waals surface area contributed by atoms with Crippen LogP contribution >= 0.6 is 11.8 Å². The molecular formula is C10H13ClF3N3O. The van der Waals surface area contributed by atoms with Crippen LogP contribution in [0.4, 0.5) is 13.2 Å². The molecule has 1 aromatic rings. The number of rotatable bonds is 3. The van der Waals surface area contributed by atoms with Gasteiger partial charge in [-0.25, -0.2) is 4.84 Å². The van der Waals surface area contributed by atoms with Crippen molar-refractivity contribution in [2.45, 2.75) is 37.8 Å². The van der Waals surface area contributed by atoms with E-state index < -0.39 is 12.1 Å². The third kappa shape index (κ3) is 3.14. The van der Waals surface area contributed by atoms with E-state index in [0.717, 1.165) is 25.7 Å². The number of nitrogens with zero attached hydrogens (tertiary/aromatic N) is 2. The zero-order valence-electron chi connectivity index (χ0n) is 9.50. The fourth-order valence-corrected chi connectivity index (χ4v) is 2.47. The average molecular weight is 284 g/mol. The monoisotopic (exact) mass is 283 g/mol. The molecule has 0 unspecified atom stereocenters. The van der Waals surface area contributed by atoms with Crippen molar-refractivity contribution in [3.8, 4) is 0 Å². The Morgan fingerprint density at radius 3 is 2.44 bits per heavy atom. The first-order valence-electron chi connectivity index (χ1n) is 5.75. The highest BCUT2D eigenvalue weighted by Gasteiger charge is 2.39. The largest absolute Gasteiger partial charge is 0.471 e. The third-order valence-corrected chi connectivity index (χ3v) is 3.42. The van der Waals surface area contributed by atoms with Crippen LogP contribution in [0.1, 0.15) is 43.3 Å². The minimum absolute atomic E-state index is 0.0450. The predicted molar refractivity (Wildman–Crippen MR) is 57.9 cm³/mol. The first-order valence-corrected chi connectivity index (χ1v) is 6.12. The van der Waals surface area contributed by atoms with Gasteiger partial charge in [0.2, 0.25) is 0 Å². The topological polar surface area (TPSA) is 51.0 Å². The van der Waals surface area contributed by atoms with Gasteiger partial charge in [-0.1, -0.05) is 5.16 Å². The van der Waals surface area contributed by atoms with Crippen molar-refractivity contribution in [1.29, 1.82) is 0 Å². The average Bonchev–Trinajstić information content (AvgIpc) is 2.79. The summed E-state index contributed by atoms with van der Waals surface area (Å²) >= 11 is 5.43. The molecule has 8 heteroatoms. The van der Waals surface area contributed by atoms with Crippen LogP contribution in [0.3, 0.4) is 0 Å². The van der Waals surface area contributed by atoms with Gasteiger partial charge >= 0.3 is 12.1 Å². The van der Waals surface area contributed by atoms with Crippen molar-refractivity contribution in [1.82, 2.24) is 15.0 Å². The SMILES string of the molecule is FC(F)(F)c1nc([C@H]2CC[C@H](CNCl)CC2)no1. The molecule has 18 heavy (non-hydrogen) atoms. The number of hydrogen-bond acceptors (Lipinski definition) is 4. The van der Waals surface area contributed by atoms with E-state index in [2.05, 4.69) is 19.5 Å². The van der Waals surface area contributed by atoms with Crippen LogP contribution in [0, 0.1) is 5.92 Å². The minimum Gasteiger partial charge on any atom is -0.329 e. The Labute approximate surface area is 107 Å². The molecular weight excluding hydrogens is 271 g/mol. The molecule has 1 aromatic heterocycles. The second kappa shape index (κ2) is 5.44. The Kier molecular flexibility index (Phi) is 4.11. The molecule has 2 rings (SSSR count). The number of alkyl halides is 3. The van der Waals surface area contributed by atoms with Gasteiger partial charge in [-0.15, -0.1) is 0 Å². The van der Waals surface area contributed by atoms with E-state index in [1.165, 1.54) is 0 Å². The van der Waals surface area contributed by atoms with Gasteiger partial charge in [0.05, 0.1) is 0 Å². The van der Waals surface area contributed by atoms with Crippen LogP contribution < -0.4 is 4.84 Å². The normalized spacial score (nSPS) is 25.3. The van der Waals surface area contributed by atoms with E-state index in [9.17, 15) is 13.2 Å². The number of nitrogens with one attached hydrogen (secondary N) is 1. The Morgan fingerprint density at radius 1 is 1.28 bits per heavy atom. The van der Waals surface area contributed by atoms with E-state index in [-0.39, 0.29) is 11.7 Å². The highest BCUT2D eigenvalue weighted by molar-refractivity contribution is 6.13. The summed E-state index contributed by atoms with van der Waals surface area (Å²) in [7, 11) is 0. The van der Waals surface area contributed by atoms with Gasteiger partial charge in [-0.2, -0.15) is 18.2 Å². The molecule has 1 fully saturated rings. The highest BCUT2D eigenvalue weighted by atomic mass is 35.5. The van der Waals surface area contributed by atoms with Crippen LogP contribution in [0.2, 0.25) is 0 Å². The minimum atomic E-state index is -4.56. The lowest BCUT2D eigenvalue weighted by Crippen LogP contribution is -2.21. The number of halogens is 4. The van der Waals surface area contributed by atoms with Gasteiger partial charge in [0.15, 0.2) is 5.82 Å². The van der Waals surface area contributed by atoms with Gasteiger partial charge in [0.25, 0.3) is 0 Å². The quantitative estimate of drug-likeness (QED) is 0.866. The van der Waals surface area contributed by atoms with Gasteiger partial charge in [-0.05, 0) is 43.4 Å².